The number of halogens is 2. The average molecular weight is 258 g/mol. The quantitative estimate of drug-likeness (QED) is 0.846. The van der Waals surface area contributed by atoms with Crippen LogP contribution in [0.25, 0.3) is 0 Å². The van der Waals surface area contributed by atoms with Crippen LogP contribution in [0.2, 0.25) is 0 Å². The van der Waals surface area contributed by atoms with Crippen molar-refractivity contribution in [1.82, 2.24) is 4.98 Å². The van der Waals surface area contributed by atoms with E-state index in [1.165, 1.54) is 12.1 Å². The molecule has 1 aromatic carbocycles. The maximum Gasteiger partial charge on any atom is 0.163 e. The Morgan fingerprint density at radius 3 is 2.68 bits per heavy atom. The molecule has 2 aromatic rings. The molecule has 2 rings (SSSR count). The van der Waals surface area contributed by atoms with Crippen LogP contribution in [0.1, 0.15) is 18.1 Å². The third-order valence-electron chi connectivity index (χ3n) is 3.07. The van der Waals surface area contributed by atoms with Crippen LogP contribution >= 0.6 is 0 Å². The van der Waals surface area contributed by atoms with E-state index in [1.54, 1.807) is 31.5 Å². The molecule has 0 saturated heterocycles. The highest BCUT2D eigenvalue weighted by Crippen LogP contribution is 2.30. The summed E-state index contributed by atoms with van der Waals surface area (Å²) in [5.74, 6) is -1.90. The first-order valence-electron chi connectivity index (χ1n) is 5.81. The summed E-state index contributed by atoms with van der Waals surface area (Å²) in [5.41, 5.74) is -0.260. The minimum Gasteiger partial charge on any atom is -0.264 e. The molecule has 0 N–H and O–H groups in total. The number of nitrogens with zero attached hydrogens (tertiary/aromatic N) is 2. The van der Waals surface area contributed by atoms with E-state index in [0.717, 1.165) is 11.6 Å². The molecule has 19 heavy (non-hydrogen) atoms. The summed E-state index contributed by atoms with van der Waals surface area (Å²) in [6.45, 7) is 1.60. The van der Waals surface area contributed by atoms with Crippen LogP contribution in [0, 0.1) is 23.0 Å². The molecule has 4 heteroatoms. The summed E-state index contributed by atoms with van der Waals surface area (Å²) in [5, 5.41) is 9.36. The van der Waals surface area contributed by atoms with Crippen LogP contribution in [0.3, 0.4) is 0 Å². The van der Waals surface area contributed by atoms with E-state index in [4.69, 9.17) is 0 Å². The minimum atomic E-state index is -1.13. The van der Waals surface area contributed by atoms with E-state index in [1.807, 2.05) is 0 Å². The van der Waals surface area contributed by atoms with Crippen LogP contribution < -0.4 is 0 Å². The Labute approximate surface area is 110 Å². The van der Waals surface area contributed by atoms with Crippen molar-refractivity contribution in [2.75, 3.05) is 0 Å². The summed E-state index contributed by atoms with van der Waals surface area (Å²) < 4.78 is 27.1. The topological polar surface area (TPSA) is 36.7 Å². The van der Waals surface area contributed by atoms with E-state index >= 15 is 0 Å². The van der Waals surface area contributed by atoms with Gasteiger partial charge in [0, 0.05) is 18.0 Å². The minimum absolute atomic E-state index is 0.0684. The Kier molecular flexibility index (Phi) is 3.57. The fourth-order valence-corrected chi connectivity index (χ4v) is 2.04. The molecule has 1 aromatic heterocycles. The summed E-state index contributed by atoms with van der Waals surface area (Å²) in [6, 6.07) is 9.52. The fraction of sp³-hybridized carbons (Fsp3) is 0.200. The van der Waals surface area contributed by atoms with Gasteiger partial charge in [-0.1, -0.05) is 18.2 Å². The Morgan fingerprint density at radius 2 is 2.05 bits per heavy atom. The van der Waals surface area contributed by atoms with Crippen molar-refractivity contribution in [1.29, 1.82) is 5.26 Å². The van der Waals surface area contributed by atoms with Gasteiger partial charge in [0.2, 0.25) is 0 Å². The number of hydrogen-bond acceptors (Lipinski definition) is 2. The second-order valence-corrected chi connectivity index (χ2v) is 4.58. The molecule has 1 unspecified atom stereocenters. The standard InChI is InChI=1S/C15H12F2N2/c1-15(10-18,8-11-4-3-7-19-9-11)12-5-2-6-13(16)14(12)17/h2-7,9H,8H2,1H3. The highest BCUT2D eigenvalue weighted by molar-refractivity contribution is 5.35. The number of benzene rings is 1. The Hall–Kier alpha value is -2.28. The van der Waals surface area contributed by atoms with Crippen LogP contribution in [0.4, 0.5) is 8.78 Å². The molecule has 0 radical (unpaired) electrons. The van der Waals surface area contributed by atoms with Crippen molar-refractivity contribution in [2.24, 2.45) is 0 Å². The average Bonchev–Trinajstić information content (AvgIpc) is 2.43. The Bertz CT molecular complexity index is 620. The van der Waals surface area contributed by atoms with Gasteiger partial charge < -0.3 is 0 Å². The molecule has 96 valence electrons. The van der Waals surface area contributed by atoms with Gasteiger partial charge in [-0.3, -0.25) is 4.98 Å². The normalized spacial score (nSPS) is 13.6. The lowest BCUT2D eigenvalue weighted by Crippen LogP contribution is -2.25. The highest BCUT2D eigenvalue weighted by atomic mass is 19.2. The third kappa shape index (κ3) is 2.60. The first-order chi connectivity index (χ1) is 9.07. The van der Waals surface area contributed by atoms with Crippen molar-refractivity contribution >= 4 is 0 Å². The summed E-state index contributed by atoms with van der Waals surface area (Å²) in [4.78, 5) is 3.96. The summed E-state index contributed by atoms with van der Waals surface area (Å²) >= 11 is 0. The zero-order chi connectivity index (χ0) is 13.9. The van der Waals surface area contributed by atoms with Crippen molar-refractivity contribution in [3.8, 4) is 6.07 Å². The van der Waals surface area contributed by atoms with Crippen LogP contribution in [0.15, 0.2) is 42.7 Å². The van der Waals surface area contributed by atoms with Gasteiger partial charge >= 0.3 is 0 Å². The third-order valence-corrected chi connectivity index (χ3v) is 3.07. The van der Waals surface area contributed by atoms with Crippen LogP contribution in [-0.4, -0.2) is 4.98 Å². The van der Waals surface area contributed by atoms with Crippen molar-refractivity contribution in [3.05, 3.63) is 65.5 Å². The zero-order valence-corrected chi connectivity index (χ0v) is 10.4. The van der Waals surface area contributed by atoms with Crippen molar-refractivity contribution < 1.29 is 8.78 Å². The monoisotopic (exact) mass is 258 g/mol. The number of rotatable bonds is 3. The van der Waals surface area contributed by atoms with Gasteiger partial charge in [-0.25, -0.2) is 8.78 Å². The first-order valence-corrected chi connectivity index (χ1v) is 5.81. The van der Waals surface area contributed by atoms with Gasteiger partial charge in [-0.05, 0) is 31.0 Å². The summed E-state index contributed by atoms with van der Waals surface area (Å²) in [7, 11) is 0. The molecule has 0 saturated carbocycles. The van der Waals surface area contributed by atoms with Gasteiger partial charge in [0.1, 0.15) is 0 Å². The number of aromatic nitrogens is 1. The second-order valence-electron chi connectivity index (χ2n) is 4.58. The first kappa shape index (κ1) is 13.2. The molecule has 0 aliphatic heterocycles. The van der Waals surface area contributed by atoms with E-state index in [2.05, 4.69) is 11.1 Å². The molecule has 1 heterocycles. The number of nitriles is 1. The number of hydrogen-bond donors (Lipinski definition) is 0. The van der Waals surface area contributed by atoms with Crippen LogP contribution in [-0.2, 0) is 11.8 Å². The van der Waals surface area contributed by atoms with Gasteiger partial charge in [0.05, 0.1) is 11.5 Å². The zero-order valence-electron chi connectivity index (χ0n) is 10.4. The molecule has 0 bridgehead atoms. The summed E-state index contributed by atoms with van der Waals surface area (Å²) in [6.07, 6.45) is 3.51. The lowest BCUT2D eigenvalue weighted by molar-refractivity contribution is 0.470. The molecule has 0 aliphatic carbocycles. The molecule has 1 atom stereocenters. The van der Waals surface area contributed by atoms with Crippen LogP contribution in [0.5, 0.6) is 0 Å². The molecule has 0 fully saturated rings. The van der Waals surface area contributed by atoms with Gasteiger partial charge in [0.15, 0.2) is 11.6 Å². The molecular formula is C15H12F2N2. The fourth-order valence-electron chi connectivity index (χ4n) is 2.04. The SMILES string of the molecule is CC(C#N)(Cc1cccnc1)c1cccc(F)c1F. The maximum atomic E-state index is 13.8. The highest BCUT2D eigenvalue weighted by Gasteiger charge is 2.31. The van der Waals surface area contributed by atoms with E-state index < -0.39 is 17.0 Å². The van der Waals surface area contributed by atoms with Gasteiger partial charge in [-0.2, -0.15) is 5.26 Å². The van der Waals surface area contributed by atoms with Gasteiger partial charge in [0.25, 0.3) is 0 Å². The lowest BCUT2D eigenvalue weighted by Gasteiger charge is -2.22. The predicted octanol–water partition coefficient (Wildman–Crippen LogP) is 3.38. The lowest BCUT2D eigenvalue weighted by atomic mass is 9.78. The number of pyridine rings is 1. The van der Waals surface area contributed by atoms with Crippen molar-refractivity contribution in [3.63, 3.8) is 0 Å². The molecule has 0 aliphatic rings. The predicted molar refractivity (Wildman–Crippen MR) is 67.3 cm³/mol. The van der Waals surface area contributed by atoms with E-state index in [-0.39, 0.29) is 12.0 Å². The van der Waals surface area contributed by atoms with Crippen molar-refractivity contribution in [2.45, 2.75) is 18.8 Å². The second kappa shape index (κ2) is 5.15. The molecule has 2 nitrogen and oxygen atoms in total. The largest absolute Gasteiger partial charge is 0.264 e. The Balaban J connectivity index is 2.43. The Morgan fingerprint density at radius 1 is 1.26 bits per heavy atom. The molecule has 0 amide bonds. The van der Waals surface area contributed by atoms with E-state index in [0.29, 0.717) is 0 Å². The van der Waals surface area contributed by atoms with E-state index in [9.17, 15) is 14.0 Å². The molecule has 0 spiro atoms. The smallest absolute Gasteiger partial charge is 0.163 e. The maximum absolute atomic E-state index is 13.8. The van der Waals surface area contributed by atoms with Gasteiger partial charge in [-0.15, -0.1) is 0 Å². The molecular weight excluding hydrogens is 246 g/mol.